The van der Waals surface area contributed by atoms with Gasteiger partial charge < -0.3 is 14.1 Å². The summed E-state index contributed by atoms with van der Waals surface area (Å²) < 4.78 is 28.1. The maximum absolute atomic E-state index is 12.1. The number of aromatic nitrogens is 1. The molecule has 5 nitrogen and oxygen atoms in total. The summed E-state index contributed by atoms with van der Waals surface area (Å²) in [6.07, 6.45) is 4.30. The van der Waals surface area contributed by atoms with Crippen molar-refractivity contribution < 1.29 is 18.3 Å². The zero-order chi connectivity index (χ0) is 19.5. The second-order valence-corrected chi connectivity index (χ2v) is 7.28. The first-order valence-electron chi connectivity index (χ1n) is 8.69. The Hall–Kier alpha value is -3.09. The van der Waals surface area contributed by atoms with Crippen LogP contribution in [0.4, 0.5) is 0 Å². The van der Waals surface area contributed by atoms with Crippen LogP contribution < -0.4 is 4.74 Å². The van der Waals surface area contributed by atoms with Gasteiger partial charge in [0.15, 0.2) is 0 Å². The van der Waals surface area contributed by atoms with Gasteiger partial charge in [0.05, 0.1) is 5.92 Å². The standard InChI is InChI=1S/C22H17NO4S/c24-13-19-18-5-1-2-6-20(18)27-22(21(19)17-4-3-11-23-12-17)16-9-7-15(8-10-16)14-28(25)26/h1-13,19H,14H2,(H,25,26)/p-1. The Morgan fingerprint density at radius 2 is 1.82 bits per heavy atom. The minimum Gasteiger partial charge on any atom is -0.772 e. The lowest BCUT2D eigenvalue weighted by atomic mass is 9.84. The summed E-state index contributed by atoms with van der Waals surface area (Å²) in [5.74, 6) is 0.665. The molecule has 0 N–H and O–H groups in total. The van der Waals surface area contributed by atoms with Crippen LogP contribution in [0, 0.1) is 0 Å². The molecule has 0 saturated carbocycles. The smallest absolute Gasteiger partial charge is 0.139 e. The van der Waals surface area contributed by atoms with E-state index in [4.69, 9.17) is 4.74 Å². The van der Waals surface area contributed by atoms with E-state index in [0.29, 0.717) is 17.1 Å². The second kappa shape index (κ2) is 7.88. The van der Waals surface area contributed by atoms with E-state index in [2.05, 4.69) is 4.98 Å². The lowest BCUT2D eigenvalue weighted by Gasteiger charge is -2.28. The summed E-state index contributed by atoms with van der Waals surface area (Å²) in [5, 5.41) is 0. The highest BCUT2D eigenvalue weighted by molar-refractivity contribution is 7.78. The SMILES string of the molecule is O=CC1C(c2cccnc2)=C(c2ccc(CS(=O)[O-])cc2)Oc2ccccc21. The number of allylic oxidation sites excluding steroid dienone is 1. The molecule has 0 fully saturated rings. The highest BCUT2D eigenvalue weighted by Crippen LogP contribution is 2.45. The number of aldehydes is 1. The number of hydrogen-bond acceptors (Lipinski definition) is 5. The number of nitrogens with zero attached hydrogens (tertiary/aromatic N) is 1. The van der Waals surface area contributed by atoms with Crippen LogP contribution in [0.15, 0.2) is 73.1 Å². The zero-order valence-electron chi connectivity index (χ0n) is 14.8. The maximum atomic E-state index is 12.1. The second-order valence-electron chi connectivity index (χ2n) is 6.38. The summed E-state index contributed by atoms with van der Waals surface area (Å²) >= 11 is -2.15. The fraction of sp³-hybridized carbons (Fsp3) is 0.0909. The fourth-order valence-electron chi connectivity index (χ4n) is 3.37. The van der Waals surface area contributed by atoms with E-state index in [1.807, 2.05) is 48.5 Å². The van der Waals surface area contributed by atoms with E-state index < -0.39 is 17.0 Å². The Morgan fingerprint density at radius 3 is 2.50 bits per heavy atom. The molecule has 0 amide bonds. The van der Waals surface area contributed by atoms with Crippen molar-refractivity contribution in [2.24, 2.45) is 0 Å². The van der Waals surface area contributed by atoms with Gasteiger partial charge in [0.1, 0.15) is 17.8 Å². The molecule has 2 heterocycles. The van der Waals surface area contributed by atoms with Crippen LogP contribution >= 0.6 is 0 Å². The molecule has 2 atom stereocenters. The molecule has 2 unspecified atom stereocenters. The van der Waals surface area contributed by atoms with Gasteiger partial charge in [-0.1, -0.05) is 59.6 Å². The Kier molecular flexibility index (Phi) is 5.14. The molecule has 6 heteroatoms. The molecule has 0 bridgehead atoms. The van der Waals surface area contributed by atoms with E-state index in [0.717, 1.165) is 28.5 Å². The quantitative estimate of drug-likeness (QED) is 0.490. The van der Waals surface area contributed by atoms with Gasteiger partial charge in [-0.05, 0) is 17.7 Å². The fourth-order valence-corrected chi connectivity index (χ4v) is 3.83. The average molecular weight is 390 g/mol. The minimum absolute atomic E-state index is 0.0462. The average Bonchev–Trinajstić information content (AvgIpc) is 2.73. The summed E-state index contributed by atoms with van der Waals surface area (Å²) in [6.45, 7) is 0. The number of benzene rings is 2. The van der Waals surface area contributed by atoms with Crippen molar-refractivity contribution in [2.45, 2.75) is 11.7 Å². The number of fused-ring (bicyclic) bond motifs is 1. The third-order valence-corrected chi connectivity index (χ3v) is 5.20. The third kappa shape index (κ3) is 3.52. The number of ether oxygens (including phenoxy) is 1. The van der Waals surface area contributed by atoms with E-state index in [1.165, 1.54) is 0 Å². The molecule has 0 saturated heterocycles. The van der Waals surface area contributed by atoms with Gasteiger partial charge in [0.25, 0.3) is 0 Å². The van der Waals surface area contributed by atoms with Gasteiger partial charge in [0.2, 0.25) is 0 Å². The van der Waals surface area contributed by atoms with Crippen molar-refractivity contribution >= 4 is 28.7 Å². The van der Waals surface area contributed by atoms with Gasteiger partial charge in [-0.2, -0.15) is 0 Å². The van der Waals surface area contributed by atoms with Crippen molar-refractivity contribution in [2.75, 3.05) is 0 Å². The molecule has 4 rings (SSSR count). The topological polar surface area (TPSA) is 79.3 Å². The molecular formula is C22H16NO4S-. The number of para-hydroxylation sites is 1. The van der Waals surface area contributed by atoms with E-state index in [1.54, 1.807) is 24.5 Å². The van der Waals surface area contributed by atoms with Crippen LogP contribution in [-0.2, 0) is 21.6 Å². The molecular weight excluding hydrogens is 374 g/mol. The van der Waals surface area contributed by atoms with Crippen molar-refractivity contribution in [3.63, 3.8) is 0 Å². The first-order chi connectivity index (χ1) is 13.7. The number of pyridine rings is 1. The van der Waals surface area contributed by atoms with Crippen LogP contribution in [0.5, 0.6) is 5.75 Å². The first-order valence-corrected chi connectivity index (χ1v) is 9.93. The largest absolute Gasteiger partial charge is 0.772 e. The lowest BCUT2D eigenvalue weighted by Crippen LogP contribution is -2.15. The highest BCUT2D eigenvalue weighted by atomic mass is 32.2. The van der Waals surface area contributed by atoms with Crippen molar-refractivity contribution in [3.05, 3.63) is 95.3 Å². The van der Waals surface area contributed by atoms with E-state index in [-0.39, 0.29) is 5.75 Å². The molecule has 140 valence electrons. The Bertz CT molecular complexity index is 1060. The van der Waals surface area contributed by atoms with Crippen molar-refractivity contribution in [1.29, 1.82) is 0 Å². The van der Waals surface area contributed by atoms with E-state index >= 15 is 0 Å². The van der Waals surface area contributed by atoms with Gasteiger partial charge in [-0.15, -0.1) is 0 Å². The Labute approximate surface area is 165 Å². The van der Waals surface area contributed by atoms with Crippen LogP contribution in [0.25, 0.3) is 11.3 Å². The third-order valence-electron chi connectivity index (χ3n) is 4.63. The highest BCUT2D eigenvalue weighted by Gasteiger charge is 2.31. The van der Waals surface area contributed by atoms with Gasteiger partial charge in [-0.3, -0.25) is 9.19 Å². The van der Waals surface area contributed by atoms with Gasteiger partial charge >= 0.3 is 0 Å². The summed E-state index contributed by atoms with van der Waals surface area (Å²) in [4.78, 5) is 16.3. The summed E-state index contributed by atoms with van der Waals surface area (Å²) in [5.41, 5.74) is 3.79. The van der Waals surface area contributed by atoms with Gasteiger partial charge in [0, 0.05) is 40.4 Å². The molecule has 1 aliphatic rings. The number of rotatable bonds is 5. The number of carbonyl (C=O) groups excluding carboxylic acids is 1. The normalized spacial score (nSPS) is 16.8. The van der Waals surface area contributed by atoms with Crippen LogP contribution in [0.3, 0.4) is 0 Å². The van der Waals surface area contributed by atoms with Crippen LogP contribution in [0.1, 0.15) is 28.2 Å². The Morgan fingerprint density at radius 1 is 1.04 bits per heavy atom. The zero-order valence-corrected chi connectivity index (χ0v) is 15.6. The predicted octanol–water partition coefficient (Wildman–Crippen LogP) is 3.70. The molecule has 0 spiro atoms. The monoisotopic (exact) mass is 390 g/mol. The summed E-state index contributed by atoms with van der Waals surface area (Å²) in [7, 11) is 0. The lowest BCUT2D eigenvalue weighted by molar-refractivity contribution is -0.108. The van der Waals surface area contributed by atoms with Crippen molar-refractivity contribution in [1.82, 2.24) is 4.98 Å². The number of hydrogen-bond donors (Lipinski definition) is 0. The van der Waals surface area contributed by atoms with Crippen molar-refractivity contribution in [3.8, 4) is 5.75 Å². The number of carbonyl (C=O) groups is 1. The molecule has 2 aromatic carbocycles. The Balaban J connectivity index is 1.88. The molecule has 3 aromatic rings. The predicted molar refractivity (Wildman–Crippen MR) is 106 cm³/mol. The first kappa shape index (κ1) is 18.3. The maximum Gasteiger partial charge on any atom is 0.139 e. The van der Waals surface area contributed by atoms with E-state index in [9.17, 15) is 13.6 Å². The molecule has 28 heavy (non-hydrogen) atoms. The summed E-state index contributed by atoms with van der Waals surface area (Å²) in [6, 6.07) is 18.3. The van der Waals surface area contributed by atoms with Gasteiger partial charge in [-0.25, -0.2) is 0 Å². The van der Waals surface area contributed by atoms with Crippen LogP contribution in [-0.4, -0.2) is 20.0 Å². The molecule has 0 aliphatic carbocycles. The molecule has 1 aliphatic heterocycles. The minimum atomic E-state index is -2.15. The van der Waals surface area contributed by atoms with Crippen LogP contribution in [0.2, 0.25) is 0 Å². The molecule has 1 aromatic heterocycles. The molecule has 0 radical (unpaired) electrons.